The van der Waals surface area contributed by atoms with Gasteiger partial charge in [-0.2, -0.15) is 0 Å². The minimum absolute atomic E-state index is 0.539. The predicted molar refractivity (Wildman–Crippen MR) is 94.3 cm³/mol. The highest BCUT2D eigenvalue weighted by molar-refractivity contribution is 5.77. The standard InChI is InChI=1S/C20H24N2O/c1-16-14-18(15-23)8-9-20(16)22-12-10-21(11-13-22)17(2)19-6-4-3-5-7-19/h3-9,14-15,17H,10-13H2,1-2H3/p+1/t17-/m1/s1. The van der Waals surface area contributed by atoms with E-state index in [1.165, 1.54) is 16.8 Å². The third-order valence-electron chi connectivity index (χ3n) is 5.02. The van der Waals surface area contributed by atoms with Gasteiger partial charge in [0.15, 0.2) is 0 Å². The number of benzene rings is 2. The molecule has 0 saturated carbocycles. The van der Waals surface area contributed by atoms with Crippen LogP contribution in [0.5, 0.6) is 0 Å². The zero-order valence-electron chi connectivity index (χ0n) is 14.0. The number of rotatable bonds is 4. The average Bonchev–Trinajstić information content (AvgIpc) is 2.62. The van der Waals surface area contributed by atoms with E-state index < -0.39 is 0 Å². The Labute approximate surface area is 138 Å². The molecule has 2 aromatic rings. The largest absolute Gasteiger partial charge is 0.360 e. The molecule has 23 heavy (non-hydrogen) atoms. The fraction of sp³-hybridized carbons (Fsp3) is 0.350. The number of carbonyl (C=O) groups excluding carboxylic acids is 1. The molecule has 2 aromatic carbocycles. The van der Waals surface area contributed by atoms with E-state index in [1.54, 1.807) is 4.90 Å². The third-order valence-corrected chi connectivity index (χ3v) is 5.02. The Morgan fingerprint density at radius 3 is 2.39 bits per heavy atom. The van der Waals surface area contributed by atoms with Crippen LogP contribution in [0.4, 0.5) is 5.69 Å². The van der Waals surface area contributed by atoms with Crippen molar-refractivity contribution in [3.8, 4) is 0 Å². The van der Waals surface area contributed by atoms with Gasteiger partial charge in [-0.05, 0) is 37.6 Å². The highest BCUT2D eigenvalue weighted by atomic mass is 16.1. The maximum Gasteiger partial charge on any atom is 0.150 e. The van der Waals surface area contributed by atoms with Crippen LogP contribution in [0, 0.1) is 6.92 Å². The van der Waals surface area contributed by atoms with Crippen LogP contribution in [0.2, 0.25) is 0 Å². The molecule has 0 aliphatic carbocycles. The van der Waals surface area contributed by atoms with Crippen LogP contribution in [0.1, 0.15) is 34.5 Å². The Morgan fingerprint density at radius 2 is 1.78 bits per heavy atom. The summed E-state index contributed by atoms with van der Waals surface area (Å²) in [6.07, 6.45) is 0.917. The number of nitrogens with zero attached hydrogens (tertiary/aromatic N) is 1. The van der Waals surface area contributed by atoms with Crippen LogP contribution in [0.3, 0.4) is 0 Å². The molecular formula is C20H25N2O+. The zero-order valence-corrected chi connectivity index (χ0v) is 14.0. The minimum Gasteiger partial charge on any atom is -0.360 e. The Balaban J connectivity index is 1.65. The molecule has 1 atom stereocenters. The van der Waals surface area contributed by atoms with Gasteiger partial charge in [0.2, 0.25) is 0 Å². The first-order valence-electron chi connectivity index (χ1n) is 8.39. The van der Waals surface area contributed by atoms with Gasteiger partial charge in [0.25, 0.3) is 0 Å². The van der Waals surface area contributed by atoms with E-state index in [1.807, 2.05) is 12.1 Å². The molecule has 3 heteroatoms. The van der Waals surface area contributed by atoms with Gasteiger partial charge >= 0.3 is 0 Å². The first-order valence-corrected chi connectivity index (χ1v) is 8.39. The van der Waals surface area contributed by atoms with Crippen molar-refractivity contribution in [2.24, 2.45) is 0 Å². The van der Waals surface area contributed by atoms with Crippen molar-refractivity contribution < 1.29 is 9.69 Å². The van der Waals surface area contributed by atoms with Crippen molar-refractivity contribution >= 4 is 12.0 Å². The van der Waals surface area contributed by atoms with Crippen LogP contribution in [0.15, 0.2) is 48.5 Å². The lowest BCUT2D eigenvalue weighted by molar-refractivity contribution is -0.930. The molecule has 3 rings (SSSR count). The molecule has 1 heterocycles. The fourth-order valence-corrected chi connectivity index (χ4v) is 3.55. The van der Waals surface area contributed by atoms with Gasteiger partial charge in [-0.25, -0.2) is 0 Å². The molecule has 1 fully saturated rings. The van der Waals surface area contributed by atoms with Crippen LogP contribution in [0.25, 0.3) is 0 Å². The lowest BCUT2D eigenvalue weighted by Gasteiger charge is -2.37. The van der Waals surface area contributed by atoms with E-state index in [9.17, 15) is 4.79 Å². The lowest BCUT2D eigenvalue weighted by Crippen LogP contribution is -3.14. The van der Waals surface area contributed by atoms with Crippen LogP contribution in [-0.4, -0.2) is 32.5 Å². The predicted octanol–water partition coefficient (Wildman–Crippen LogP) is 2.27. The molecule has 3 nitrogen and oxygen atoms in total. The monoisotopic (exact) mass is 309 g/mol. The summed E-state index contributed by atoms with van der Waals surface area (Å²) >= 11 is 0. The van der Waals surface area contributed by atoms with E-state index in [4.69, 9.17) is 0 Å². The summed E-state index contributed by atoms with van der Waals surface area (Å²) in [5.74, 6) is 0. The first kappa shape index (κ1) is 15.8. The molecule has 1 aliphatic heterocycles. The average molecular weight is 309 g/mol. The third kappa shape index (κ3) is 3.45. The topological polar surface area (TPSA) is 24.8 Å². The SMILES string of the molecule is Cc1cc(C=O)ccc1N1CC[NH+]([C@H](C)c2ccccc2)CC1. The molecule has 0 aromatic heterocycles. The van der Waals surface area contributed by atoms with Gasteiger partial charge in [0.1, 0.15) is 12.3 Å². The van der Waals surface area contributed by atoms with Gasteiger partial charge in [-0.1, -0.05) is 30.3 Å². The molecule has 1 aliphatic rings. The van der Waals surface area contributed by atoms with Gasteiger partial charge in [-0.3, -0.25) is 4.79 Å². The summed E-state index contributed by atoms with van der Waals surface area (Å²) in [4.78, 5) is 15.0. The van der Waals surface area contributed by atoms with Crippen molar-refractivity contribution in [3.05, 3.63) is 65.2 Å². The summed E-state index contributed by atoms with van der Waals surface area (Å²) in [7, 11) is 0. The van der Waals surface area contributed by atoms with Crippen molar-refractivity contribution in [2.75, 3.05) is 31.1 Å². The van der Waals surface area contributed by atoms with Crippen LogP contribution < -0.4 is 9.80 Å². The van der Waals surface area contributed by atoms with E-state index in [-0.39, 0.29) is 0 Å². The van der Waals surface area contributed by atoms with Gasteiger partial charge in [0, 0.05) is 16.8 Å². The highest BCUT2D eigenvalue weighted by Crippen LogP contribution is 2.21. The normalized spacial score (nSPS) is 17.0. The van der Waals surface area contributed by atoms with Crippen LogP contribution in [-0.2, 0) is 0 Å². The first-order chi connectivity index (χ1) is 11.2. The second-order valence-electron chi connectivity index (χ2n) is 6.44. The van der Waals surface area contributed by atoms with Gasteiger partial charge < -0.3 is 9.80 Å². The maximum absolute atomic E-state index is 10.9. The molecule has 0 amide bonds. The number of hydrogen-bond donors (Lipinski definition) is 1. The van der Waals surface area contributed by atoms with E-state index >= 15 is 0 Å². The number of piperazine rings is 1. The van der Waals surface area contributed by atoms with Crippen molar-refractivity contribution in [3.63, 3.8) is 0 Å². The Morgan fingerprint density at radius 1 is 1.09 bits per heavy atom. The molecular weight excluding hydrogens is 284 g/mol. The second-order valence-corrected chi connectivity index (χ2v) is 6.44. The van der Waals surface area contributed by atoms with Gasteiger partial charge in [-0.15, -0.1) is 0 Å². The smallest absolute Gasteiger partial charge is 0.150 e. The Kier molecular flexibility index (Phi) is 4.77. The summed E-state index contributed by atoms with van der Waals surface area (Å²) in [5.41, 5.74) is 4.63. The van der Waals surface area contributed by atoms with Gasteiger partial charge in [0.05, 0.1) is 26.2 Å². The summed E-state index contributed by atoms with van der Waals surface area (Å²) in [5, 5.41) is 0. The number of carbonyl (C=O) groups is 1. The molecule has 1 N–H and O–H groups in total. The quantitative estimate of drug-likeness (QED) is 0.877. The summed E-state index contributed by atoms with van der Waals surface area (Å²) in [6.45, 7) is 8.83. The second kappa shape index (κ2) is 6.97. The minimum atomic E-state index is 0.539. The van der Waals surface area contributed by atoms with E-state index in [2.05, 4.69) is 55.1 Å². The zero-order chi connectivity index (χ0) is 16.2. The summed E-state index contributed by atoms with van der Waals surface area (Å²) in [6, 6.07) is 17.3. The van der Waals surface area contributed by atoms with Crippen molar-refractivity contribution in [1.29, 1.82) is 0 Å². The lowest BCUT2D eigenvalue weighted by atomic mass is 10.1. The molecule has 0 spiro atoms. The molecule has 0 bridgehead atoms. The maximum atomic E-state index is 10.9. The Bertz CT molecular complexity index is 661. The molecule has 1 saturated heterocycles. The molecule has 120 valence electrons. The highest BCUT2D eigenvalue weighted by Gasteiger charge is 2.26. The number of anilines is 1. The van der Waals surface area contributed by atoms with E-state index in [0.717, 1.165) is 38.0 Å². The number of aldehydes is 1. The number of hydrogen-bond acceptors (Lipinski definition) is 2. The number of quaternary nitrogens is 1. The number of nitrogens with one attached hydrogen (secondary N) is 1. The van der Waals surface area contributed by atoms with Crippen molar-refractivity contribution in [2.45, 2.75) is 19.9 Å². The fourth-order valence-electron chi connectivity index (χ4n) is 3.55. The number of aryl methyl sites for hydroxylation is 1. The summed E-state index contributed by atoms with van der Waals surface area (Å²) < 4.78 is 0. The van der Waals surface area contributed by atoms with Crippen molar-refractivity contribution in [1.82, 2.24) is 0 Å². The van der Waals surface area contributed by atoms with E-state index in [0.29, 0.717) is 6.04 Å². The molecule has 0 radical (unpaired) electrons. The molecule has 0 unspecified atom stereocenters. The van der Waals surface area contributed by atoms with Crippen LogP contribution >= 0.6 is 0 Å². The Hall–Kier alpha value is -2.13.